The van der Waals surface area contributed by atoms with E-state index in [0.717, 1.165) is 6.42 Å². The van der Waals surface area contributed by atoms with E-state index in [1.54, 1.807) is 6.07 Å². The van der Waals surface area contributed by atoms with Crippen molar-refractivity contribution in [2.45, 2.75) is 25.9 Å². The van der Waals surface area contributed by atoms with Crippen molar-refractivity contribution in [3.63, 3.8) is 0 Å². The molecule has 4 nitrogen and oxygen atoms in total. The second kappa shape index (κ2) is 8.17. The zero-order valence-electron chi connectivity index (χ0n) is 14.6. The smallest absolute Gasteiger partial charge is 0.254 e. The summed E-state index contributed by atoms with van der Waals surface area (Å²) in [5.41, 5.74) is 1.83. The van der Waals surface area contributed by atoms with Gasteiger partial charge in [-0.25, -0.2) is 0 Å². The van der Waals surface area contributed by atoms with Crippen molar-refractivity contribution >= 4 is 5.91 Å². The molecule has 0 unspecified atom stereocenters. The van der Waals surface area contributed by atoms with E-state index < -0.39 is 0 Å². The van der Waals surface area contributed by atoms with E-state index >= 15 is 0 Å². The summed E-state index contributed by atoms with van der Waals surface area (Å²) in [7, 11) is 0. The molecular formula is C21H25NO3. The van der Waals surface area contributed by atoms with Crippen molar-refractivity contribution < 1.29 is 14.6 Å². The molecule has 25 heavy (non-hydrogen) atoms. The van der Waals surface area contributed by atoms with Crippen molar-refractivity contribution in [2.24, 2.45) is 5.92 Å². The Morgan fingerprint density at radius 2 is 2.00 bits per heavy atom. The van der Waals surface area contributed by atoms with Gasteiger partial charge in [0.25, 0.3) is 5.91 Å². The number of benzene rings is 2. The van der Waals surface area contributed by atoms with Crippen LogP contribution in [0, 0.1) is 5.92 Å². The average Bonchev–Trinajstić information content (AvgIpc) is 2.64. The van der Waals surface area contributed by atoms with E-state index in [4.69, 9.17) is 4.74 Å². The lowest BCUT2D eigenvalue weighted by Crippen LogP contribution is -2.46. The molecule has 1 saturated heterocycles. The molecule has 0 aromatic heterocycles. The highest BCUT2D eigenvalue weighted by molar-refractivity contribution is 5.94. The number of likely N-dealkylation sites (tertiary alicyclic amines) is 1. The summed E-state index contributed by atoms with van der Waals surface area (Å²) < 4.78 is 5.49. The highest BCUT2D eigenvalue weighted by Gasteiger charge is 2.30. The Balaban J connectivity index is 1.70. The minimum Gasteiger partial charge on any atom is -0.494 e. The Hall–Kier alpha value is -2.33. The zero-order valence-corrected chi connectivity index (χ0v) is 14.6. The van der Waals surface area contributed by atoms with Gasteiger partial charge < -0.3 is 14.7 Å². The standard InChI is InChI=1S/C21H25NO3/c1-2-25-19-10-6-9-17(14-19)21(24)22-12-11-20(23)18(15-22)13-16-7-4-3-5-8-16/h3-10,14,18,20,23H,2,11-13,15H2,1H3/t18-,20-/m1/s1. The second-order valence-corrected chi connectivity index (χ2v) is 6.52. The predicted octanol–water partition coefficient (Wildman–Crippen LogP) is 3.15. The number of aliphatic hydroxyl groups is 1. The van der Waals surface area contributed by atoms with Gasteiger partial charge in [0.15, 0.2) is 0 Å². The summed E-state index contributed by atoms with van der Waals surface area (Å²) in [4.78, 5) is 14.7. The lowest BCUT2D eigenvalue weighted by atomic mass is 9.88. The van der Waals surface area contributed by atoms with Crippen LogP contribution in [0.1, 0.15) is 29.3 Å². The van der Waals surface area contributed by atoms with E-state index in [1.807, 2.05) is 48.2 Å². The molecule has 1 aliphatic heterocycles. The van der Waals surface area contributed by atoms with Gasteiger partial charge in [0.2, 0.25) is 0 Å². The van der Waals surface area contributed by atoms with Crippen LogP contribution in [0.15, 0.2) is 54.6 Å². The van der Waals surface area contributed by atoms with Gasteiger partial charge in [-0.05, 0) is 43.5 Å². The van der Waals surface area contributed by atoms with Crippen molar-refractivity contribution in [3.05, 3.63) is 65.7 Å². The molecule has 2 aromatic carbocycles. The van der Waals surface area contributed by atoms with Crippen LogP contribution in [0.5, 0.6) is 5.75 Å². The van der Waals surface area contributed by atoms with Crippen LogP contribution < -0.4 is 4.74 Å². The molecule has 3 rings (SSSR count). The van der Waals surface area contributed by atoms with Gasteiger partial charge >= 0.3 is 0 Å². The molecule has 1 heterocycles. The fraction of sp³-hybridized carbons (Fsp3) is 0.381. The molecule has 0 saturated carbocycles. The third-order valence-electron chi connectivity index (χ3n) is 4.71. The Morgan fingerprint density at radius 1 is 1.20 bits per heavy atom. The number of carbonyl (C=O) groups excluding carboxylic acids is 1. The van der Waals surface area contributed by atoms with Gasteiger partial charge in [0.05, 0.1) is 12.7 Å². The number of hydrogen-bond donors (Lipinski definition) is 1. The monoisotopic (exact) mass is 339 g/mol. The molecule has 1 amide bonds. The molecule has 0 aliphatic carbocycles. The Bertz CT molecular complexity index is 701. The number of nitrogens with zero attached hydrogens (tertiary/aromatic N) is 1. The first-order chi connectivity index (χ1) is 12.2. The summed E-state index contributed by atoms with van der Waals surface area (Å²) in [6, 6.07) is 17.5. The number of piperidine rings is 1. The normalized spacial score (nSPS) is 20.3. The van der Waals surface area contributed by atoms with E-state index in [0.29, 0.717) is 37.4 Å². The van der Waals surface area contributed by atoms with Gasteiger partial charge in [0, 0.05) is 24.6 Å². The predicted molar refractivity (Wildman–Crippen MR) is 97.8 cm³/mol. The highest BCUT2D eigenvalue weighted by atomic mass is 16.5. The molecular weight excluding hydrogens is 314 g/mol. The molecule has 2 atom stereocenters. The first kappa shape index (κ1) is 17.5. The molecule has 1 aliphatic rings. The lowest BCUT2D eigenvalue weighted by Gasteiger charge is -2.36. The number of ether oxygens (including phenoxy) is 1. The maximum atomic E-state index is 12.8. The number of rotatable bonds is 5. The van der Waals surface area contributed by atoms with Crippen molar-refractivity contribution in [3.8, 4) is 5.75 Å². The van der Waals surface area contributed by atoms with Crippen LogP contribution in [0.2, 0.25) is 0 Å². The van der Waals surface area contributed by atoms with Gasteiger partial charge in [-0.3, -0.25) is 4.79 Å². The van der Waals surface area contributed by atoms with Crippen LogP contribution >= 0.6 is 0 Å². The molecule has 1 fully saturated rings. The van der Waals surface area contributed by atoms with Gasteiger partial charge in [-0.2, -0.15) is 0 Å². The Labute approximate surface area is 149 Å². The van der Waals surface area contributed by atoms with Crippen LogP contribution in [-0.4, -0.2) is 41.7 Å². The SMILES string of the molecule is CCOc1cccc(C(=O)N2CC[C@@H](O)[C@H](Cc3ccccc3)C2)c1. The minimum absolute atomic E-state index is 0.00603. The van der Waals surface area contributed by atoms with E-state index in [2.05, 4.69) is 12.1 Å². The van der Waals surface area contributed by atoms with E-state index in [9.17, 15) is 9.90 Å². The van der Waals surface area contributed by atoms with Crippen LogP contribution in [0.4, 0.5) is 0 Å². The maximum absolute atomic E-state index is 12.8. The van der Waals surface area contributed by atoms with Gasteiger partial charge in [-0.15, -0.1) is 0 Å². The fourth-order valence-corrected chi connectivity index (χ4v) is 3.39. The summed E-state index contributed by atoms with van der Waals surface area (Å²) in [5.74, 6) is 0.785. The Kier molecular flexibility index (Phi) is 5.71. The maximum Gasteiger partial charge on any atom is 0.254 e. The minimum atomic E-state index is -0.362. The van der Waals surface area contributed by atoms with Crippen LogP contribution in [0.3, 0.4) is 0 Å². The molecule has 0 spiro atoms. The number of aliphatic hydroxyl groups excluding tert-OH is 1. The molecule has 0 radical (unpaired) electrons. The average molecular weight is 339 g/mol. The second-order valence-electron chi connectivity index (χ2n) is 6.52. The largest absolute Gasteiger partial charge is 0.494 e. The third kappa shape index (κ3) is 4.40. The van der Waals surface area contributed by atoms with E-state index in [1.165, 1.54) is 5.56 Å². The van der Waals surface area contributed by atoms with Gasteiger partial charge in [0.1, 0.15) is 5.75 Å². The van der Waals surface area contributed by atoms with Crippen LogP contribution in [-0.2, 0) is 6.42 Å². The molecule has 2 aromatic rings. The summed E-state index contributed by atoms with van der Waals surface area (Å²) in [5, 5.41) is 10.4. The first-order valence-electron chi connectivity index (χ1n) is 8.91. The number of hydrogen-bond acceptors (Lipinski definition) is 3. The number of amides is 1. The number of carbonyl (C=O) groups is 1. The lowest BCUT2D eigenvalue weighted by molar-refractivity contribution is 0.0241. The zero-order chi connectivity index (χ0) is 17.6. The summed E-state index contributed by atoms with van der Waals surface area (Å²) >= 11 is 0. The fourth-order valence-electron chi connectivity index (χ4n) is 3.39. The topological polar surface area (TPSA) is 49.8 Å². The third-order valence-corrected chi connectivity index (χ3v) is 4.71. The van der Waals surface area contributed by atoms with Crippen molar-refractivity contribution in [2.75, 3.05) is 19.7 Å². The quantitative estimate of drug-likeness (QED) is 0.910. The Morgan fingerprint density at radius 3 is 2.76 bits per heavy atom. The highest BCUT2D eigenvalue weighted by Crippen LogP contribution is 2.24. The van der Waals surface area contributed by atoms with Crippen LogP contribution in [0.25, 0.3) is 0 Å². The van der Waals surface area contributed by atoms with E-state index in [-0.39, 0.29) is 17.9 Å². The van der Waals surface area contributed by atoms with Crippen molar-refractivity contribution in [1.29, 1.82) is 0 Å². The molecule has 4 heteroatoms. The molecule has 132 valence electrons. The summed E-state index contributed by atoms with van der Waals surface area (Å²) in [6.45, 7) is 3.67. The molecule has 0 bridgehead atoms. The van der Waals surface area contributed by atoms with Gasteiger partial charge in [-0.1, -0.05) is 36.4 Å². The summed E-state index contributed by atoms with van der Waals surface area (Å²) in [6.07, 6.45) is 1.04. The van der Waals surface area contributed by atoms with Crippen molar-refractivity contribution in [1.82, 2.24) is 4.90 Å². The molecule has 1 N–H and O–H groups in total. The first-order valence-corrected chi connectivity index (χ1v) is 8.91.